The van der Waals surface area contributed by atoms with E-state index >= 15 is 0 Å². The number of nitrogens with zero attached hydrogens (tertiary/aromatic N) is 3. The molecule has 0 unspecified atom stereocenters. The molecular weight excluding hydrogens is 283 g/mol. The number of benzene rings is 1. The summed E-state index contributed by atoms with van der Waals surface area (Å²) in [6, 6.07) is 7.81. The van der Waals surface area contributed by atoms with Crippen molar-refractivity contribution in [2.24, 2.45) is 0 Å². The molecule has 0 atom stereocenters. The van der Waals surface area contributed by atoms with E-state index in [-0.39, 0.29) is 4.90 Å². The third kappa shape index (κ3) is 2.32. The van der Waals surface area contributed by atoms with Crippen molar-refractivity contribution in [3.05, 3.63) is 54.7 Å². The van der Waals surface area contributed by atoms with E-state index in [1.54, 1.807) is 22.7 Å². The summed E-state index contributed by atoms with van der Waals surface area (Å²) < 4.78 is 41.0. The zero-order valence-electron chi connectivity index (χ0n) is 10.1. The Morgan fingerprint density at radius 2 is 1.85 bits per heavy atom. The van der Waals surface area contributed by atoms with Crippen molar-refractivity contribution < 1.29 is 12.8 Å². The van der Waals surface area contributed by atoms with Gasteiger partial charge < -0.3 is 0 Å². The van der Waals surface area contributed by atoms with E-state index in [2.05, 4.69) is 14.9 Å². The average Bonchev–Trinajstić information content (AvgIpc) is 2.86. The largest absolute Gasteiger partial charge is 0.287 e. The van der Waals surface area contributed by atoms with Gasteiger partial charge in [-0.1, -0.05) is 0 Å². The van der Waals surface area contributed by atoms with Gasteiger partial charge in [0.05, 0.1) is 10.6 Å². The summed E-state index contributed by atoms with van der Waals surface area (Å²) in [5.41, 5.74) is 0.969. The number of nitrogens with one attached hydrogen (secondary N) is 1. The second-order valence-electron chi connectivity index (χ2n) is 4.07. The van der Waals surface area contributed by atoms with Gasteiger partial charge in [0, 0.05) is 6.20 Å². The zero-order valence-corrected chi connectivity index (χ0v) is 10.9. The Bertz CT molecular complexity index is 859. The molecule has 0 aliphatic heterocycles. The molecule has 0 bridgehead atoms. The Balaban J connectivity index is 1.94. The number of fused-ring (bicyclic) bond motifs is 1. The van der Waals surface area contributed by atoms with Crippen LogP contribution in [0.5, 0.6) is 0 Å². The molecular formula is C12H9FN4O2S. The van der Waals surface area contributed by atoms with Gasteiger partial charge in [-0.25, -0.2) is 12.8 Å². The Hall–Kier alpha value is -2.48. The molecule has 0 fully saturated rings. The molecule has 3 aromatic rings. The fourth-order valence-corrected chi connectivity index (χ4v) is 2.76. The number of aromatic nitrogens is 3. The number of halogens is 1. The molecule has 20 heavy (non-hydrogen) atoms. The number of anilines is 1. The first kappa shape index (κ1) is 12.5. The highest BCUT2D eigenvalue weighted by Gasteiger charge is 2.14. The second-order valence-corrected chi connectivity index (χ2v) is 5.76. The van der Waals surface area contributed by atoms with Gasteiger partial charge in [-0.2, -0.15) is 0 Å². The summed E-state index contributed by atoms with van der Waals surface area (Å²) in [7, 11) is -3.75. The predicted octanol–water partition coefficient (Wildman–Crippen LogP) is 1.67. The molecule has 8 heteroatoms. The molecule has 0 aliphatic carbocycles. The van der Waals surface area contributed by atoms with Crippen LogP contribution in [0.25, 0.3) is 5.65 Å². The lowest BCUT2D eigenvalue weighted by Crippen LogP contribution is -2.13. The highest BCUT2D eigenvalue weighted by Crippen LogP contribution is 2.16. The maximum atomic E-state index is 12.8. The van der Waals surface area contributed by atoms with E-state index in [9.17, 15) is 12.8 Å². The molecule has 102 valence electrons. The van der Waals surface area contributed by atoms with Gasteiger partial charge in [0.2, 0.25) is 0 Å². The molecule has 1 aromatic carbocycles. The van der Waals surface area contributed by atoms with Crippen molar-refractivity contribution in [3.63, 3.8) is 0 Å². The summed E-state index contributed by atoms with van der Waals surface area (Å²) in [6.45, 7) is 0. The molecule has 0 spiro atoms. The highest BCUT2D eigenvalue weighted by molar-refractivity contribution is 7.92. The van der Waals surface area contributed by atoms with Gasteiger partial charge in [-0.05, 0) is 36.4 Å². The molecule has 2 heterocycles. The van der Waals surface area contributed by atoms with Gasteiger partial charge in [0.25, 0.3) is 10.0 Å². The van der Waals surface area contributed by atoms with Crippen LogP contribution in [0.15, 0.2) is 53.8 Å². The van der Waals surface area contributed by atoms with Crippen molar-refractivity contribution in [2.45, 2.75) is 4.90 Å². The van der Waals surface area contributed by atoms with Crippen LogP contribution in [-0.4, -0.2) is 23.0 Å². The van der Waals surface area contributed by atoms with E-state index in [1.807, 2.05) is 0 Å². The summed E-state index contributed by atoms with van der Waals surface area (Å²) >= 11 is 0. The van der Waals surface area contributed by atoms with Crippen molar-refractivity contribution in [1.82, 2.24) is 14.6 Å². The monoisotopic (exact) mass is 292 g/mol. The summed E-state index contributed by atoms with van der Waals surface area (Å²) in [4.78, 5) is -0.0113. The van der Waals surface area contributed by atoms with Crippen LogP contribution < -0.4 is 4.72 Å². The Kier molecular flexibility index (Phi) is 2.87. The third-order valence-electron chi connectivity index (χ3n) is 2.67. The lowest BCUT2D eigenvalue weighted by Gasteiger charge is -2.08. The van der Waals surface area contributed by atoms with Crippen LogP contribution in [0.1, 0.15) is 0 Å². The number of sulfonamides is 1. The molecule has 0 amide bonds. The first-order valence-corrected chi connectivity index (χ1v) is 7.11. The van der Waals surface area contributed by atoms with Gasteiger partial charge in [0.1, 0.15) is 12.1 Å². The van der Waals surface area contributed by atoms with E-state index in [0.29, 0.717) is 11.3 Å². The first-order valence-electron chi connectivity index (χ1n) is 5.62. The number of rotatable bonds is 3. The lowest BCUT2D eigenvalue weighted by molar-refractivity contribution is 0.599. The quantitative estimate of drug-likeness (QED) is 0.796. The van der Waals surface area contributed by atoms with E-state index in [4.69, 9.17) is 0 Å². The van der Waals surface area contributed by atoms with Crippen LogP contribution in [0.4, 0.5) is 10.1 Å². The summed E-state index contributed by atoms with van der Waals surface area (Å²) in [6.07, 6.45) is 3.02. The molecule has 1 N–H and O–H groups in total. The maximum Gasteiger partial charge on any atom is 0.261 e. The smallest absolute Gasteiger partial charge is 0.261 e. The van der Waals surface area contributed by atoms with Crippen LogP contribution in [0.2, 0.25) is 0 Å². The Morgan fingerprint density at radius 1 is 1.10 bits per heavy atom. The number of hydrogen-bond donors (Lipinski definition) is 1. The van der Waals surface area contributed by atoms with Crippen molar-refractivity contribution in [2.75, 3.05) is 4.72 Å². The third-order valence-corrected chi connectivity index (χ3v) is 4.06. The van der Waals surface area contributed by atoms with Crippen molar-refractivity contribution in [1.29, 1.82) is 0 Å². The molecule has 2 aromatic heterocycles. The summed E-state index contributed by atoms with van der Waals surface area (Å²) in [5, 5.41) is 7.52. The predicted molar refractivity (Wildman–Crippen MR) is 70.2 cm³/mol. The molecule has 0 saturated heterocycles. The molecule has 3 rings (SSSR count). The van der Waals surface area contributed by atoms with Crippen LogP contribution in [0, 0.1) is 5.82 Å². The average molecular weight is 292 g/mol. The van der Waals surface area contributed by atoms with E-state index in [0.717, 1.165) is 12.1 Å². The Labute approximate surface area is 113 Å². The van der Waals surface area contributed by atoms with Gasteiger partial charge >= 0.3 is 0 Å². The summed E-state index contributed by atoms with van der Waals surface area (Å²) in [5.74, 6) is -0.491. The SMILES string of the molecule is O=S(=O)(Nc1ccc2nncn2c1)c1ccc(F)cc1. The minimum atomic E-state index is -3.75. The van der Waals surface area contributed by atoms with Gasteiger partial charge in [-0.3, -0.25) is 9.12 Å². The topological polar surface area (TPSA) is 76.4 Å². The minimum absolute atomic E-state index is 0.0113. The van der Waals surface area contributed by atoms with Crippen LogP contribution >= 0.6 is 0 Å². The number of hydrogen-bond acceptors (Lipinski definition) is 4. The molecule has 0 saturated carbocycles. The van der Waals surface area contributed by atoms with E-state index in [1.165, 1.54) is 18.5 Å². The maximum absolute atomic E-state index is 12.8. The Morgan fingerprint density at radius 3 is 2.60 bits per heavy atom. The molecule has 6 nitrogen and oxygen atoms in total. The van der Waals surface area contributed by atoms with Crippen molar-refractivity contribution >= 4 is 21.4 Å². The zero-order chi connectivity index (χ0) is 14.2. The normalized spacial score (nSPS) is 11.7. The highest BCUT2D eigenvalue weighted by atomic mass is 32.2. The minimum Gasteiger partial charge on any atom is -0.287 e. The van der Waals surface area contributed by atoms with Crippen LogP contribution in [0.3, 0.4) is 0 Å². The van der Waals surface area contributed by atoms with Gasteiger partial charge in [-0.15, -0.1) is 10.2 Å². The van der Waals surface area contributed by atoms with Crippen LogP contribution in [-0.2, 0) is 10.0 Å². The fourth-order valence-electron chi connectivity index (χ4n) is 1.72. The molecule has 0 radical (unpaired) electrons. The first-order chi connectivity index (χ1) is 9.54. The second kappa shape index (κ2) is 4.57. The number of pyridine rings is 1. The standard InChI is InChI=1S/C12H9FN4O2S/c13-9-1-4-11(5-2-9)20(18,19)16-10-3-6-12-15-14-8-17(12)7-10/h1-8,16H. The van der Waals surface area contributed by atoms with E-state index < -0.39 is 15.8 Å². The van der Waals surface area contributed by atoms with Gasteiger partial charge in [0.15, 0.2) is 5.65 Å². The molecule has 0 aliphatic rings. The lowest BCUT2D eigenvalue weighted by atomic mass is 10.4. The fraction of sp³-hybridized carbons (Fsp3) is 0. The van der Waals surface area contributed by atoms with Crippen molar-refractivity contribution in [3.8, 4) is 0 Å².